The highest BCUT2D eigenvalue weighted by atomic mass is 32.1. The van der Waals surface area contributed by atoms with Crippen LogP contribution in [0.5, 0.6) is 0 Å². The molecule has 0 amide bonds. The first-order valence-corrected chi connectivity index (χ1v) is 8.28. The Morgan fingerprint density at radius 2 is 1.95 bits per heavy atom. The number of thiazole rings is 1. The molecule has 0 bridgehead atoms. The van der Waals surface area contributed by atoms with Crippen LogP contribution in [0.1, 0.15) is 6.42 Å². The Labute approximate surface area is 134 Å². The highest BCUT2D eigenvalue weighted by Gasteiger charge is 2.02. The van der Waals surface area contributed by atoms with Gasteiger partial charge in [-0.1, -0.05) is 6.07 Å². The lowest BCUT2D eigenvalue weighted by Crippen LogP contribution is -2.16. The molecule has 1 N–H and O–H groups in total. The minimum absolute atomic E-state index is 0.932. The number of hydrogen-bond donors (Lipinski definition) is 1. The molecular weight excluding hydrogens is 292 g/mol. The Morgan fingerprint density at radius 3 is 2.73 bits per heavy atom. The van der Waals surface area contributed by atoms with Crippen LogP contribution in [-0.2, 0) is 0 Å². The van der Waals surface area contributed by atoms with E-state index >= 15 is 0 Å². The number of benzene rings is 1. The van der Waals surface area contributed by atoms with Gasteiger partial charge < -0.3 is 10.2 Å². The fourth-order valence-corrected chi connectivity index (χ4v) is 3.03. The maximum absolute atomic E-state index is 4.50. The van der Waals surface area contributed by atoms with Crippen LogP contribution in [0.4, 0.5) is 5.82 Å². The number of anilines is 1. The van der Waals surface area contributed by atoms with Crippen molar-refractivity contribution in [2.24, 2.45) is 0 Å². The molecule has 0 saturated heterocycles. The van der Waals surface area contributed by atoms with Gasteiger partial charge in [0.15, 0.2) is 0 Å². The summed E-state index contributed by atoms with van der Waals surface area (Å²) in [4.78, 5) is 11.0. The summed E-state index contributed by atoms with van der Waals surface area (Å²) in [5.41, 5.74) is 5.26. The average Bonchev–Trinajstić information content (AvgIpc) is 2.99. The molecule has 5 heteroatoms. The van der Waals surface area contributed by atoms with Gasteiger partial charge in [0.2, 0.25) is 0 Å². The first-order chi connectivity index (χ1) is 10.7. The quantitative estimate of drug-likeness (QED) is 0.704. The van der Waals surface area contributed by atoms with E-state index in [0.717, 1.165) is 36.4 Å². The molecule has 3 aromatic rings. The van der Waals surface area contributed by atoms with E-state index in [1.54, 1.807) is 11.3 Å². The lowest BCUT2D eigenvalue weighted by Gasteiger charge is -2.10. The monoisotopic (exact) mass is 312 g/mol. The Hall–Kier alpha value is -1.98. The fraction of sp³-hybridized carbons (Fsp3) is 0.294. The molecule has 0 unspecified atom stereocenters. The Morgan fingerprint density at radius 1 is 1.09 bits per heavy atom. The zero-order valence-corrected chi connectivity index (χ0v) is 13.7. The standard InChI is InChI=1S/C17H20N4S/c1-21(2)9-3-8-18-17-7-5-14(11-19-17)13-4-6-15-16(10-13)22-12-20-15/h4-7,10-12H,3,8-9H2,1-2H3,(H,18,19). The number of fused-ring (bicyclic) bond motifs is 1. The zero-order chi connectivity index (χ0) is 15.4. The van der Waals surface area contributed by atoms with E-state index < -0.39 is 0 Å². The van der Waals surface area contributed by atoms with Gasteiger partial charge >= 0.3 is 0 Å². The predicted octanol–water partition coefficient (Wildman–Crippen LogP) is 3.72. The molecule has 22 heavy (non-hydrogen) atoms. The van der Waals surface area contributed by atoms with Gasteiger partial charge in [-0.15, -0.1) is 11.3 Å². The molecule has 0 aliphatic rings. The molecule has 0 aliphatic heterocycles. The average molecular weight is 312 g/mol. The molecule has 0 spiro atoms. The summed E-state index contributed by atoms with van der Waals surface area (Å²) >= 11 is 1.67. The molecule has 2 aromatic heterocycles. The highest BCUT2D eigenvalue weighted by molar-refractivity contribution is 7.16. The normalized spacial score (nSPS) is 11.2. The fourth-order valence-electron chi connectivity index (χ4n) is 2.32. The summed E-state index contributed by atoms with van der Waals surface area (Å²) in [6.07, 6.45) is 3.04. The predicted molar refractivity (Wildman–Crippen MR) is 94.5 cm³/mol. The second-order valence-corrected chi connectivity index (χ2v) is 6.44. The number of nitrogens with one attached hydrogen (secondary N) is 1. The molecule has 2 heterocycles. The van der Waals surface area contributed by atoms with Crippen LogP contribution in [0.2, 0.25) is 0 Å². The van der Waals surface area contributed by atoms with Crippen LogP contribution < -0.4 is 5.32 Å². The highest BCUT2D eigenvalue weighted by Crippen LogP contribution is 2.26. The van der Waals surface area contributed by atoms with Crippen LogP contribution in [0.25, 0.3) is 21.3 Å². The molecule has 0 radical (unpaired) electrons. The topological polar surface area (TPSA) is 41.0 Å². The number of nitrogens with zero attached hydrogens (tertiary/aromatic N) is 3. The van der Waals surface area contributed by atoms with Crippen molar-refractivity contribution in [2.45, 2.75) is 6.42 Å². The third-order valence-electron chi connectivity index (χ3n) is 3.52. The number of rotatable bonds is 6. The van der Waals surface area contributed by atoms with E-state index in [9.17, 15) is 0 Å². The summed E-state index contributed by atoms with van der Waals surface area (Å²) in [5, 5.41) is 3.36. The van der Waals surface area contributed by atoms with Crippen molar-refractivity contribution in [1.82, 2.24) is 14.9 Å². The minimum Gasteiger partial charge on any atom is -0.370 e. The molecule has 0 saturated carbocycles. The van der Waals surface area contributed by atoms with Gasteiger partial charge in [-0.3, -0.25) is 0 Å². The zero-order valence-electron chi connectivity index (χ0n) is 12.9. The summed E-state index contributed by atoms with van der Waals surface area (Å²) < 4.78 is 1.21. The van der Waals surface area contributed by atoms with Crippen molar-refractivity contribution in [2.75, 3.05) is 32.5 Å². The van der Waals surface area contributed by atoms with Crippen molar-refractivity contribution in [3.05, 3.63) is 42.0 Å². The molecule has 114 valence electrons. The van der Waals surface area contributed by atoms with Crippen LogP contribution in [0, 0.1) is 0 Å². The SMILES string of the molecule is CN(C)CCCNc1ccc(-c2ccc3ncsc3c2)cn1. The first-order valence-electron chi connectivity index (χ1n) is 7.41. The Bertz CT molecular complexity index is 734. The number of aromatic nitrogens is 2. The molecule has 4 nitrogen and oxygen atoms in total. The van der Waals surface area contributed by atoms with Crippen molar-refractivity contribution >= 4 is 27.4 Å². The van der Waals surface area contributed by atoms with Gasteiger partial charge in [0, 0.05) is 18.3 Å². The van der Waals surface area contributed by atoms with Crippen molar-refractivity contribution < 1.29 is 0 Å². The van der Waals surface area contributed by atoms with Crippen LogP contribution in [0.3, 0.4) is 0 Å². The lowest BCUT2D eigenvalue weighted by molar-refractivity contribution is 0.405. The minimum atomic E-state index is 0.932. The molecular formula is C17H20N4S. The van der Waals surface area contributed by atoms with Gasteiger partial charge in [-0.05, 0) is 56.9 Å². The Balaban J connectivity index is 1.65. The largest absolute Gasteiger partial charge is 0.370 e. The molecule has 0 fully saturated rings. The Kier molecular flexibility index (Phi) is 4.65. The van der Waals surface area contributed by atoms with Gasteiger partial charge in [-0.25, -0.2) is 9.97 Å². The number of pyridine rings is 1. The second kappa shape index (κ2) is 6.85. The van der Waals surface area contributed by atoms with E-state index in [-0.39, 0.29) is 0 Å². The van der Waals surface area contributed by atoms with Gasteiger partial charge in [-0.2, -0.15) is 0 Å². The van der Waals surface area contributed by atoms with Crippen LogP contribution in [-0.4, -0.2) is 42.1 Å². The van der Waals surface area contributed by atoms with Crippen molar-refractivity contribution in [1.29, 1.82) is 0 Å². The molecule has 1 aromatic carbocycles. The third kappa shape index (κ3) is 3.61. The second-order valence-electron chi connectivity index (χ2n) is 5.55. The van der Waals surface area contributed by atoms with Gasteiger partial charge in [0.25, 0.3) is 0 Å². The van der Waals surface area contributed by atoms with E-state index in [1.807, 2.05) is 17.8 Å². The summed E-state index contributed by atoms with van der Waals surface area (Å²) in [6.45, 7) is 2.03. The van der Waals surface area contributed by atoms with Gasteiger partial charge in [0.05, 0.1) is 15.7 Å². The summed E-state index contributed by atoms with van der Waals surface area (Å²) in [7, 11) is 4.18. The van der Waals surface area contributed by atoms with E-state index in [0.29, 0.717) is 0 Å². The summed E-state index contributed by atoms with van der Waals surface area (Å²) in [6, 6.07) is 10.5. The summed E-state index contributed by atoms with van der Waals surface area (Å²) in [5.74, 6) is 0.932. The van der Waals surface area contributed by atoms with E-state index in [1.165, 1.54) is 10.3 Å². The van der Waals surface area contributed by atoms with E-state index in [2.05, 4.69) is 58.5 Å². The van der Waals surface area contributed by atoms with Crippen LogP contribution >= 0.6 is 11.3 Å². The van der Waals surface area contributed by atoms with Crippen molar-refractivity contribution in [3.63, 3.8) is 0 Å². The molecule has 3 rings (SSSR count). The lowest BCUT2D eigenvalue weighted by atomic mass is 10.1. The third-order valence-corrected chi connectivity index (χ3v) is 4.31. The smallest absolute Gasteiger partial charge is 0.125 e. The molecule has 0 atom stereocenters. The van der Waals surface area contributed by atoms with E-state index in [4.69, 9.17) is 0 Å². The van der Waals surface area contributed by atoms with Gasteiger partial charge in [0.1, 0.15) is 5.82 Å². The maximum atomic E-state index is 4.50. The maximum Gasteiger partial charge on any atom is 0.125 e. The van der Waals surface area contributed by atoms with Crippen LogP contribution in [0.15, 0.2) is 42.0 Å². The van der Waals surface area contributed by atoms with Crippen molar-refractivity contribution in [3.8, 4) is 11.1 Å². The number of hydrogen-bond acceptors (Lipinski definition) is 5. The first kappa shape index (κ1) is 14.9. The molecule has 0 aliphatic carbocycles.